The minimum Gasteiger partial charge on any atom is -0.446 e. The van der Waals surface area contributed by atoms with E-state index in [1.807, 2.05) is 25.7 Å². The van der Waals surface area contributed by atoms with Crippen LogP contribution in [0, 0.1) is 5.92 Å². The molecule has 2 rings (SSSR count). The molecule has 0 aromatic carbocycles. The SMILES string of the molecule is CC(C)(C)OC(=O)N1CCC(CCCC(O[Si](C)(C)C(C)(C)C)c2ncco2)CC1. The first-order valence-corrected chi connectivity index (χ1v) is 14.2. The highest BCUT2D eigenvalue weighted by Gasteiger charge is 2.40. The molecule has 0 bridgehead atoms. The number of nitrogens with zero attached hydrogens (tertiary/aromatic N) is 2. The van der Waals surface area contributed by atoms with Gasteiger partial charge in [0.05, 0.1) is 6.20 Å². The number of carbonyl (C=O) groups is 1. The van der Waals surface area contributed by atoms with Gasteiger partial charge in [-0.2, -0.15) is 0 Å². The van der Waals surface area contributed by atoms with Crippen LogP contribution in [0.5, 0.6) is 0 Å². The quantitative estimate of drug-likeness (QED) is 0.451. The zero-order valence-electron chi connectivity index (χ0n) is 20.3. The third-order valence-corrected chi connectivity index (χ3v) is 10.8. The molecule has 1 atom stereocenters. The molecule has 7 heteroatoms. The molecule has 0 aliphatic carbocycles. The molecule has 1 aliphatic heterocycles. The maximum absolute atomic E-state index is 12.2. The number of hydrogen-bond acceptors (Lipinski definition) is 5. The van der Waals surface area contributed by atoms with Crippen LogP contribution in [0.15, 0.2) is 16.9 Å². The van der Waals surface area contributed by atoms with Crippen LogP contribution in [0.3, 0.4) is 0 Å². The van der Waals surface area contributed by atoms with Gasteiger partial charge in [0.2, 0.25) is 5.89 Å². The van der Waals surface area contributed by atoms with E-state index in [0.29, 0.717) is 11.8 Å². The summed E-state index contributed by atoms with van der Waals surface area (Å²) in [7, 11) is -1.91. The second-order valence-corrected chi connectivity index (χ2v) is 15.8. The van der Waals surface area contributed by atoms with Crippen LogP contribution in [-0.4, -0.2) is 43.0 Å². The van der Waals surface area contributed by atoms with Gasteiger partial charge in [0.1, 0.15) is 18.0 Å². The summed E-state index contributed by atoms with van der Waals surface area (Å²) in [6.45, 7) is 18.6. The molecular formula is C23H42N2O4Si. The number of likely N-dealkylation sites (tertiary alicyclic amines) is 1. The largest absolute Gasteiger partial charge is 0.446 e. The first-order chi connectivity index (χ1) is 13.8. The summed E-state index contributed by atoms with van der Waals surface area (Å²) in [5.41, 5.74) is -0.438. The lowest BCUT2D eigenvalue weighted by Crippen LogP contribution is -2.42. The molecule has 0 spiro atoms. The molecule has 1 amide bonds. The van der Waals surface area contributed by atoms with Crippen molar-refractivity contribution in [1.29, 1.82) is 0 Å². The van der Waals surface area contributed by atoms with E-state index in [1.54, 1.807) is 12.5 Å². The molecule has 0 radical (unpaired) electrons. The Morgan fingerprint density at radius 3 is 2.37 bits per heavy atom. The van der Waals surface area contributed by atoms with Crippen molar-refractivity contribution in [2.45, 2.75) is 103 Å². The lowest BCUT2D eigenvalue weighted by molar-refractivity contribution is 0.0179. The smallest absolute Gasteiger partial charge is 0.410 e. The van der Waals surface area contributed by atoms with E-state index in [1.165, 1.54) is 0 Å². The average Bonchev–Trinajstić information content (AvgIpc) is 3.13. The van der Waals surface area contributed by atoms with Crippen molar-refractivity contribution in [1.82, 2.24) is 9.88 Å². The fourth-order valence-corrected chi connectivity index (χ4v) is 4.76. The molecule has 1 aromatic rings. The minimum absolute atomic E-state index is 0.0808. The van der Waals surface area contributed by atoms with Gasteiger partial charge in [0, 0.05) is 13.1 Å². The van der Waals surface area contributed by atoms with Crippen molar-refractivity contribution < 1.29 is 18.4 Å². The molecule has 30 heavy (non-hydrogen) atoms. The normalized spacial score (nSPS) is 17.8. The van der Waals surface area contributed by atoms with Gasteiger partial charge in [-0.1, -0.05) is 33.6 Å². The summed E-state index contributed by atoms with van der Waals surface area (Å²) in [5.74, 6) is 1.33. The maximum Gasteiger partial charge on any atom is 0.410 e. The van der Waals surface area contributed by atoms with E-state index < -0.39 is 13.9 Å². The van der Waals surface area contributed by atoms with Crippen LogP contribution in [0.4, 0.5) is 4.79 Å². The first kappa shape index (κ1) is 24.9. The molecule has 1 aliphatic rings. The Balaban J connectivity index is 1.83. The minimum atomic E-state index is -1.91. The average molecular weight is 439 g/mol. The number of hydrogen-bond donors (Lipinski definition) is 0. The maximum atomic E-state index is 12.2. The van der Waals surface area contributed by atoms with Crippen LogP contribution in [0.1, 0.15) is 85.6 Å². The van der Waals surface area contributed by atoms with Gasteiger partial charge in [-0.05, 0) is 64.1 Å². The standard InChI is InChI=1S/C23H42N2O4Si/c1-22(2,3)28-21(26)25-15-12-18(13-16-25)10-9-11-19(20-24-14-17-27-20)29-30(7,8)23(4,5)6/h14,17-19H,9-13,15-16H2,1-8H3. The van der Waals surface area contributed by atoms with E-state index in [4.69, 9.17) is 13.6 Å². The Morgan fingerprint density at radius 1 is 1.23 bits per heavy atom. The fraction of sp³-hybridized carbons (Fsp3) is 0.826. The second kappa shape index (κ2) is 9.85. The molecule has 1 saturated heterocycles. The van der Waals surface area contributed by atoms with Gasteiger partial charge in [-0.15, -0.1) is 0 Å². The number of oxazole rings is 1. The van der Waals surface area contributed by atoms with Crippen molar-refractivity contribution in [3.05, 3.63) is 18.4 Å². The molecule has 1 fully saturated rings. The Labute approximate surface area is 183 Å². The Bertz CT molecular complexity index is 654. The fourth-order valence-electron chi connectivity index (χ4n) is 3.48. The van der Waals surface area contributed by atoms with Crippen LogP contribution >= 0.6 is 0 Å². The van der Waals surface area contributed by atoms with E-state index in [2.05, 4.69) is 38.8 Å². The summed E-state index contributed by atoms with van der Waals surface area (Å²) in [5, 5.41) is 0.145. The highest BCUT2D eigenvalue weighted by atomic mass is 28.4. The molecular weight excluding hydrogens is 396 g/mol. The molecule has 0 saturated carbocycles. The zero-order valence-corrected chi connectivity index (χ0v) is 21.3. The van der Waals surface area contributed by atoms with Gasteiger partial charge < -0.3 is 18.5 Å². The predicted molar refractivity (Wildman–Crippen MR) is 122 cm³/mol. The van der Waals surface area contributed by atoms with Crippen molar-refractivity contribution in [2.24, 2.45) is 5.92 Å². The summed E-state index contributed by atoms with van der Waals surface area (Å²) < 4.78 is 17.7. The number of carbonyl (C=O) groups excluding carboxylic acids is 1. The number of piperidine rings is 1. The van der Waals surface area contributed by atoms with Crippen molar-refractivity contribution in [2.75, 3.05) is 13.1 Å². The van der Waals surface area contributed by atoms with Crippen LogP contribution in [-0.2, 0) is 9.16 Å². The second-order valence-electron chi connectivity index (χ2n) is 11.1. The van der Waals surface area contributed by atoms with Crippen LogP contribution in [0.25, 0.3) is 0 Å². The van der Waals surface area contributed by atoms with E-state index in [-0.39, 0.29) is 17.2 Å². The molecule has 1 unspecified atom stereocenters. The zero-order chi connectivity index (χ0) is 22.6. The highest BCUT2D eigenvalue weighted by molar-refractivity contribution is 6.74. The number of amides is 1. The number of ether oxygens (including phenoxy) is 1. The van der Waals surface area contributed by atoms with Crippen LogP contribution < -0.4 is 0 Å². The first-order valence-electron chi connectivity index (χ1n) is 11.3. The van der Waals surface area contributed by atoms with E-state index in [9.17, 15) is 4.79 Å². The lowest BCUT2D eigenvalue weighted by Gasteiger charge is -2.38. The Hall–Kier alpha value is -1.34. The van der Waals surface area contributed by atoms with Gasteiger partial charge in [-0.3, -0.25) is 0 Å². The van der Waals surface area contributed by atoms with Gasteiger partial charge in [0.15, 0.2) is 8.32 Å². The van der Waals surface area contributed by atoms with E-state index in [0.717, 1.165) is 45.2 Å². The van der Waals surface area contributed by atoms with Crippen molar-refractivity contribution >= 4 is 14.4 Å². The van der Waals surface area contributed by atoms with Crippen LogP contribution in [0.2, 0.25) is 18.1 Å². The lowest BCUT2D eigenvalue weighted by atomic mass is 9.91. The van der Waals surface area contributed by atoms with Gasteiger partial charge in [0.25, 0.3) is 0 Å². The van der Waals surface area contributed by atoms with Crippen molar-refractivity contribution in [3.63, 3.8) is 0 Å². The predicted octanol–water partition coefficient (Wildman–Crippen LogP) is 6.55. The molecule has 2 heterocycles. The summed E-state index contributed by atoms with van der Waals surface area (Å²) in [4.78, 5) is 18.5. The topological polar surface area (TPSA) is 64.8 Å². The molecule has 172 valence electrons. The van der Waals surface area contributed by atoms with E-state index >= 15 is 0 Å². The Kier molecular flexibility index (Phi) is 8.19. The molecule has 1 aromatic heterocycles. The number of aromatic nitrogens is 1. The summed E-state index contributed by atoms with van der Waals surface area (Å²) in [6, 6.07) is 0. The monoisotopic (exact) mass is 438 g/mol. The molecule has 0 N–H and O–H groups in total. The third-order valence-electron chi connectivity index (χ3n) is 6.31. The number of rotatable bonds is 7. The third kappa shape index (κ3) is 7.41. The summed E-state index contributed by atoms with van der Waals surface area (Å²) >= 11 is 0. The van der Waals surface area contributed by atoms with Crippen molar-refractivity contribution in [3.8, 4) is 0 Å². The molecule has 6 nitrogen and oxygen atoms in total. The Morgan fingerprint density at radius 2 is 1.87 bits per heavy atom. The van der Waals surface area contributed by atoms with Gasteiger partial charge in [-0.25, -0.2) is 9.78 Å². The summed E-state index contributed by atoms with van der Waals surface area (Å²) in [6.07, 6.45) is 8.25. The van der Waals surface area contributed by atoms with Gasteiger partial charge >= 0.3 is 6.09 Å². The highest BCUT2D eigenvalue weighted by Crippen LogP contribution is 2.41.